The van der Waals surface area contributed by atoms with E-state index in [9.17, 15) is 0 Å². The summed E-state index contributed by atoms with van der Waals surface area (Å²) in [5, 5.41) is 0. The molecule has 0 aromatic heterocycles. The molecule has 0 bridgehead atoms. The Morgan fingerprint density at radius 1 is 0.517 bits per heavy atom. The molecule has 0 nitrogen and oxygen atoms in total. The first-order valence-electron chi connectivity index (χ1n) is 11.6. The molecule has 0 atom stereocenters. The van der Waals surface area contributed by atoms with E-state index in [1.807, 2.05) is 0 Å². The molecule has 0 N–H and O–H groups in total. The van der Waals surface area contributed by atoms with Crippen LogP contribution >= 0.6 is 0 Å². The number of unbranched alkanes of at least 4 members (excludes halogenated alkanes) is 7. The van der Waals surface area contributed by atoms with Crippen LogP contribution in [-0.4, -0.2) is 6.71 Å². The van der Waals surface area contributed by atoms with E-state index in [2.05, 4.69) is 91.9 Å². The lowest BCUT2D eigenvalue weighted by atomic mass is 9.36. The van der Waals surface area contributed by atoms with Gasteiger partial charge < -0.3 is 0 Å². The molecule has 1 heteroatoms. The molecule has 29 heavy (non-hydrogen) atoms. The summed E-state index contributed by atoms with van der Waals surface area (Å²) in [5.74, 6) is 0. The molecule has 0 saturated heterocycles. The Morgan fingerprint density at radius 2 is 1.00 bits per heavy atom. The van der Waals surface area contributed by atoms with Gasteiger partial charge in [0.15, 0.2) is 0 Å². The van der Waals surface area contributed by atoms with E-state index in [1.165, 1.54) is 79.7 Å². The summed E-state index contributed by atoms with van der Waals surface area (Å²) in [5.41, 5.74) is 5.73. The van der Waals surface area contributed by atoms with E-state index < -0.39 is 0 Å². The third kappa shape index (κ3) is 6.63. The first kappa shape index (κ1) is 21.4. The molecule has 0 saturated carbocycles. The van der Waals surface area contributed by atoms with Gasteiger partial charge in [-0.05, 0) is 12.8 Å². The van der Waals surface area contributed by atoms with Crippen molar-refractivity contribution in [2.24, 2.45) is 0 Å². The number of hydrogen-bond acceptors (Lipinski definition) is 0. The van der Waals surface area contributed by atoms with E-state index >= 15 is 0 Å². The second kappa shape index (κ2) is 12.3. The molecule has 0 aliphatic carbocycles. The Hall–Kier alpha value is -2.28. The van der Waals surface area contributed by atoms with Crippen molar-refractivity contribution in [2.75, 3.05) is 0 Å². The van der Waals surface area contributed by atoms with Crippen LogP contribution in [0.1, 0.15) is 63.9 Å². The van der Waals surface area contributed by atoms with Gasteiger partial charge in [0, 0.05) is 0 Å². The number of aryl methyl sites for hydroxylation is 1. The highest BCUT2D eigenvalue weighted by atomic mass is 14.1. The van der Waals surface area contributed by atoms with Crippen LogP contribution in [0.5, 0.6) is 0 Å². The molecule has 150 valence electrons. The summed E-state index contributed by atoms with van der Waals surface area (Å²) in [4.78, 5) is 0. The molecule has 0 spiro atoms. The van der Waals surface area contributed by atoms with Crippen LogP contribution in [0.2, 0.25) is 0 Å². The molecular formula is C28H35B. The molecule has 0 fully saturated rings. The maximum absolute atomic E-state index is 2.34. The van der Waals surface area contributed by atoms with E-state index in [-0.39, 0.29) is 0 Å². The van der Waals surface area contributed by atoms with Gasteiger partial charge in [-0.1, -0.05) is 159 Å². The van der Waals surface area contributed by atoms with E-state index in [0.717, 1.165) is 0 Å². The van der Waals surface area contributed by atoms with Crippen LogP contribution in [0.25, 0.3) is 0 Å². The van der Waals surface area contributed by atoms with Crippen LogP contribution in [0.3, 0.4) is 0 Å². The summed E-state index contributed by atoms with van der Waals surface area (Å²) < 4.78 is 0. The highest BCUT2D eigenvalue weighted by Crippen LogP contribution is 2.11. The first-order valence-corrected chi connectivity index (χ1v) is 11.6. The first-order chi connectivity index (χ1) is 14.4. The average Bonchev–Trinajstić information content (AvgIpc) is 2.78. The lowest BCUT2D eigenvalue weighted by Crippen LogP contribution is -2.53. The molecule has 0 amide bonds. The fourth-order valence-corrected chi connectivity index (χ4v) is 4.34. The molecular weight excluding hydrogens is 347 g/mol. The lowest BCUT2D eigenvalue weighted by molar-refractivity contribution is 0.576. The molecule has 3 aromatic carbocycles. The minimum absolute atomic E-state index is 0.308. The number of benzene rings is 3. The highest BCUT2D eigenvalue weighted by molar-refractivity contribution is 6.95. The minimum Gasteiger partial charge on any atom is -0.0687 e. The van der Waals surface area contributed by atoms with Crippen molar-refractivity contribution < 1.29 is 0 Å². The number of rotatable bonds is 12. The van der Waals surface area contributed by atoms with E-state index in [0.29, 0.717) is 6.71 Å². The monoisotopic (exact) mass is 382 g/mol. The second-order valence-electron chi connectivity index (χ2n) is 8.18. The van der Waals surface area contributed by atoms with Crippen molar-refractivity contribution in [2.45, 2.75) is 64.7 Å². The van der Waals surface area contributed by atoms with Gasteiger partial charge in [-0.3, -0.25) is 0 Å². The smallest absolute Gasteiger partial charge is 0.0687 e. The van der Waals surface area contributed by atoms with Gasteiger partial charge in [-0.2, -0.15) is 0 Å². The predicted molar refractivity (Wildman–Crippen MR) is 130 cm³/mol. The maximum Gasteiger partial charge on any atom is 0.241 e. The topological polar surface area (TPSA) is 0 Å². The van der Waals surface area contributed by atoms with Crippen LogP contribution in [-0.2, 0) is 6.42 Å². The molecule has 0 heterocycles. The summed E-state index contributed by atoms with van der Waals surface area (Å²) in [6.07, 6.45) is 12.2. The summed E-state index contributed by atoms with van der Waals surface area (Å²) in [7, 11) is 0. The van der Waals surface area contributed by atoms with Crippen LogP contribution in [0.15, 0.2) is 84.9 Å². The second-order valence-corrected chi connectivity index (χ2v) is 8.18. The van der Waals surface area contributed by atoms with Crippen molar-refractivity contribution in [3.05, 3.63) is 90.5 Å². The van der Waals surface area contributed by atoms with Gasteiger partial charge in [-0.15, -0.1) is 0 Å². The summed E-state index contributed by atoms with van der Waals surface area (Å²) in [6, 6.07) is 31.0. The zero-order chi connectivity index (χ0) is 20.2. The normalized spacial score (nSPS) is 10.8. The van der Waals surface area contributed by atoms with Gasteiger partial charge >= 0.3 is 0 Å². The Labute approximate surface area is 178 Å². The van der Waals surface area contributed by atoms with Crippen molar-refractivity contribution in [3.8, 4) is 0 Å². The molecule has 0 unspecified atom stereocenters. The van der Waals surface area contributed by atoms with Gasteiger partial charge in [0.25, 0.3) is 0 Å². The Bertz CT molecular complexity index is 770. The van der Waals surface area contributed by atoms with E-state index in [4.69, 9.17) is 0 Å². The average molecular weight is 382 g/mol. The Kier molecular flexibility index (Phi) is 9.11. The molecule has 0 radical (unpaired) electrons. The predicted octanol–water partition coefficient (Wildman–Crippen LogP) is 5.89. The fourth-order valence-electron chi connectivity index (χ4n) is 4.34. The zero-order valence-corrected chi connectivity index (χ0v) is 18.0. The summed E-state index contributed by atoms with van der Waals surface area (Å²) in [6.45, 7) is 2.60. The molecule has 3 rings (SSSR count). The lowest BCUT2D eigenvalue weighted by Gasteiger charge is -2.19. The van der Waals surface area contributed by atoms with Crippen molar-refractivity contribution in [1.29, 1.82) is 0 Å². The van der Waals surface area contributed by atoms with Crippen molar-refractivity contribution in [3.63, 3.8) is 0 Å². The minimum atomic E-state index is 0.308. The molecule has 3 aromatic rings. The largest absolute Gasteiger partial charge is 0.241 e. The van der Waals surface area contributed by atoms with Gasteiger partial charge in [0.2, 0.25) is 6.71 Å². The SMILES string of the molecule is CCCCCCCCCCc1ccccc1B(c1ccccc1)c1ccccc1. The standard InChI is InChI=1S/C28H35B/c1-2-3-4-5-6-7-8-11-18-25-19-16-17-24-28(25)29(26-20-12-9-13-21-26)27-22-14-10-15-23-27/h9-10,12-17,19-24H,2-8,11,18H2,1H3. The Morgan fingerprint density at radius 3 is 1.59 bits per heavy atom. The van der Waals surface area contributed by atoms with Gasteiger partial charge in [0.05, 0.1) is 0 Å². The maximum atomic E-state index is 2.34. The van der Waals surface area contributed by atoms with E-state index in [1.54, 1.807) is 0 Å². The quantitative estimate of drug-likeness (QED) is 0.271. The highest BCUT2D eigenvalue weighted by Gasteiger charge is 2.23. The van der Waals surface area contributed by atoms with Crippen LogP contribution in [0.4, 0.5) is 0 Å². The zero-order valence-electron chi connectivity index (χ0n) is 18.0. The number of hydrogen-bond donors (Lipinski definition) is 0. The third-order valence-corrected chi connectivity index (χ3v) is 5.93. The summed E-state index contributed by atoms with van der Waals surface area (Å²) >= 11 is 0. The molecule has 0 aliphatic heterocycles. The van der Waals surface area contributed by atoms with Gasteiger partial charge in [0.1, 0.15) is 0 Å². The van der Waals surface area contributed by atoms with Crippen LogP contribution in [0, 0.1) is 0 Å². The van der Waals surface area contributed by atoms with Crippen molar-refractivity contribution >= 4 is 23.1 Å². The Balaban J connectivity index is 1.70. The third-order valence-electron chi connectivity index (χ3n) is 5.93. The molecule has 0 aliphatic rings. The van der Waals surface area contributed by atoms with Crippen LogP contribution < -0.4 is 16.4 Å². The fraction of sp³-hybridized carbons (Fsp3) is 0.357. The van der Waals surface area contributed by atoms with Gasteiger partial charge in [-0.25, -0.2) is 0 Å². The van der Waals surface area contributed by atoms with Crippen molar-refractivity contribution in [1.82, 2.24) is 0 Å².